The number of aryl methyl sites for hydroxylation is 2. The van der Waals surface area contributed by atoms with Gasteiger partial charge in [0.25, 0.3) is 0 Å². The quantitative estimate of drug-likeness (QED) is 0.660. The summed E-state index contributed by atoms with van der Waals surface area (Å²) < 4.78 is 42.7. The fraction of sp³-hybridized carbons (Fsp3) is 0.600. The van der Waals surface area contributed by atoms with E-state index in [1.54, 1.807) is 40.2 Å². The van der Waals surface area contributed by atoms with Gasteiger partial charge < -0.3 is 14.2 Å². The number of ether oxygens (including phenoxy) is 3. The fourth-order valence-corrected chi connectivity index (χ4v) is 3.67. The molecule has 6 nitrogen and oxygen atoms in total. The molecule has 0 radical (unpaired) electrons. The van der Waals surface area contributed by atoms with Crippen LogP contribution in [0.15, 0.2) is 17.0 Å². The molecule has 22 heavy (non-hydrogen) atoms. The Labute approximate surface area is 132 Å². The molecule has 0 spiro atoms. The molecule has 0 aliphatic carbocycles. The van der Waals surface area contributed by atoms with Crippen molar-refractivity contribution < 1.29 is 22.6 Å². The summed E-state index contributed by atoms with van der Waals surface area (Å²) in [6, 6.07) is 3.44. The van der Waals surface area contributed by atoms with Gasteiger partial charge in [-0.1, -0.05) is 0 Å². The third kappa shape index (κ3) is 5.57. The minimum absolute atomic E-state index is 0.314. The highest BCUT2D eigenvalue weighted by Crippen LogP contribution is 2.25. The average Bonchev–Trinajstić information content (AvgIpc) is 2.45. The zero-order chi connectivity index (χ0) is 16.6. The zero-order valence-electron chi connectivity index (χ0n) is 13.6. The molecule has 0 aromatic heterocycles. The molecule has 0 saturated heterocycles. The van der Waals surface area contributed by atoms with Crippen LogP contribution in [-0.4, -0.2) is 49.0 Å². The Bertz CT molecular complexity index is 548. The van der Waals surface area contributed by atoms with Gasteiger partial charge in [0.15, 0.2) is 0 Å². The molecule has 1 aromatic rings. The van der Waals surface area contributed by atoms with Gasteiger partial charge in [0.1, 0.15) is 5.75 Å². The lowest BCUT2D eigenvalue weighted by molar-refractivity contribution is 0.0699. The van der Waals surface area contributed by atoms with Crippen LogP contribution in [0.25, 0.3) is 0 Å². The summed E-state index contributed by atoms with van der Waals surface area (Å²) in [5, 5.41) is 0. The van der Waals surface area contributed by atoms with Crippen molar-refractivity contribution in [2.45, 2.75) is 25.2 Å². The third-order valence-corrected chi connectivity index (χ3v) is 4.89. The van der Waals surface area contributed by atoms with Gasteiger partial charge >= 0.3 is 0 Å². The van der Waals surface area contributed by atoms with Crippen LogP contribution >= 0.6 is 0 Å². The fourth-order valence-electron chi connectivity index (χ4n) is 2.15. The van der Waals surface area contributed by atoms with Crippen LogP contribution in [0.1, 0.15) is 17.5 Å². The average molecular weight is 331 g/mol. The van der Waals surface area contributed by atoms with Crippen LogP contribution in [0.5, 0.6) is 5.75 Å². The highest BCUT2D eigenvalue weighted by atomic mass is 32.2. The number of hydrogen-bond acceptors (Lipinski definition) is 5. The summed E-state index contributed by atoms with van der Waals surface area (Å²) in [6.07, 6.45) is 0.608. The first-order valence-corrected chi connectivity index (χ1v) is 8.62. The van der Waals surface area contributed by atoms with Gasteiger partial charge in [-0.05, 0) is 43.5 Å². The minimum atomic E-state index is -3.53. The summed E-state index contributed by atoms with van der Waals surface area (Å²) in [5.74, 6) is 0.653. The number of methoxy groups -OCH3 is 2. The molecule has 1 aromatic carbocycles. The van der Waals surface area contributed by atoms with Crippen molar-refractivity contribution in [1.82, 2.24) is 4.72 Å². The number of sulfonamides is 1. The second kappa shape index (κ2) is 9.09. The molecule has 1 rings (SSSR count). The molecule has 126 valence electrons. The molecule has 0 bridgehead atoms. The predicted octanol–water partition coefficient (Wildman–Crippen LogP) is 1.64. The maximum absolute atomic E-state index is 12.4. The van der Waals surface area contributed by atoms with Crippen molar-refractivity contribution in [2.75, 3.05) is 40.6 Å². The van der Waals surface area contributed by atoms with Crippen molar-refractivity contribution >= 4 is 10.0 Å². The summed E-state index contributed by atoms with van der Waals surface area (Å²) in [4.78, 5) is 0.314. The lowest BCUT2D eigenvalue weighted by atomic mass is 10.1. The Hall–Kier alpha value is -1.15. The second-order valence-corrected chi connectivity index (χ2v) is 6.65. The standard InChI is InChI=1S/C15H25NO5S/c1-12-10-14(20-4)11-13(2)15(12)22(17,18)16-6-5-7-21-9-8-19-3/h10-11,16H,5-9H2,1-4H3. The van der Waals surface area contributed by atoms with E-state index in [9.17, 15) is 8.42 Å². The first-order chi connectivity index (χ1) is 10.4. The van der Waals surface area contributed by atoms with E-state index in [1.165, 1.54) is 0 Å². The highest BCUT2D eigenvalue weighted by Gasteiger charge is 2.19. The lowest BCUT2D eigenvalue weighted by Gasteiger charge is -2.13. The van der Waals surface area contributed by atoms with E-state index in [1.807, 2.05) is 0 Å². The number of nitrogens with one attached hydrogen (secondary N) is 1. The van der Waals surface area contributed by atoms with Gasteiger partial charge in [-0.25, -0.2) is 13.1 Å². The molecule has 0 aliphatic rings. The van der Waals surface area contributed by atoms with Gasteiger partial charge in [-0.15, -0.1) is 0 Å². The SMILES string of the molecule is COCCOCCCNS(=O)(=O)c1c(C)cc(OC)cc1C. The molecule has 0 aliphatic heterocycles. The Balaban J connectivity index is 2.60. The van der Waals surface area contributed by atoms with E-state index in [-0.39, 0.29) is 0 Å². The van der Waals surface area contributed by atoms with E-state index in [4.69, 9.17) is 14.2 Å². The number of hydrogen-bond donors (Lipinski definition) is 1. The minimum Gasteiger partial charge on any atom is -0.497 e. The molecule has 0 heterocycles. The van der Waals surface area contributed by atoms with Crippen LogP contribution in [0.3, 0.4) is 0 Å². The van der Waals surface area contributed by atoms with Crippen LogP contribution < -0.4 is 9.46 Å². The first kappa shape index (κ1) is 18.9. The van der Waals surface area contributed by atoms with E-state index < -0.39 is 10.0 Å². The summed E-state index contributed by atoms with van der Waals surface area (Å²) >= 11 is 0. The maximum Gasteiger partial charge on any atom is 0.241 e. The molecule has 0 atom stereocenters. The molecular formula is C15H25NO5S. The van der Waals surface area contributed by atoms with E-state index in [2.05, 4.69) is 4.72 Å². The second-order valence-electron chi connectivity index (χ2n) is 4.95. The van der Waals surface area contributed by atoms with Crippen LogP contribution in [0.4, 0.5) is 0 Å². The molecule has 0 fully saturated rings. The Morgan fingerprint density at radius 3 is 2.23 bits per heavy atom. The Morgan fingerprint density at radius 1 is 1.05 bits per heavy atom. The Morgan fingerprint density at radius 2 is 1.68 bits per heavy atom. The zero-order valence-corrected chi connectivity index (χ0v) is 14.5. The van der Waals surface area contributed by atoms with Crippen molar-refractivity contribution in [3.8, 4) is 5.75 Å². The van der Waals surface area contributed by atoms with Gasteiger partial charge in [0, 0.05) is 20.3 Å². The number of benzene rings is 1. The third-order valence-electron chi connectivity index (χ3n) is 3.13. The van der Waals surface area contributed by atoms with Crippen molar-refractivity contribution in [3.63, 3.8) is 0 Å². The normalized spacial score (nSPS) is 11.6. The van der Waals surface area contributed by atoms with Crippen molar-refractivity contribution in [3.05, 3.63) is 23.3 Å². The van der Waals surface area contributed by atoms with Crippen molar-refractivity contribution in [2.24, 2.45) is 0 Å². The molecule has 0 unspecified atom stereocenters. The molecule has 1 N–H and O–H groups in total. The molecular weight excluding hydrogens is 306 g/mol. The smallest absolute Gasteiger partial charge is 0.241 e. The van der Waals surface area contributed by atoms with E-state index in [0.29, 0.717) is 54.6 Å². The largest absolute Gasteiger partial charge is 0.497 e. The van der Waals surface area contributed by atoms with Gasteiger partial charge in [-0.3, -0.25) is 0 Å². The lowest BCUT2D eigenvalue weighted by Crippen LogP contribution is -2.27. The van der Waals surface area contributed by atoms with Gasteiger partial charge in [0.2, 0.25) is 10.0 Å². The first-order valence-electron chi connectivity index (χ1n) is 7.14. The van der Waals surface area contributed by atoms with Gasteiger partial charge in [0.05, 0.1) is 25.2 Å². The Kier molecular flexibility index (Phi) is 7.81. The van der Waals surface area contributed by atoms with Crippen molar-refractivity contribution in [1.29, 1.82) is 0 Å². The maximum atomic E-state index is 12.4. The number of rotatable bonds is 10. The van der Waals surface area contributed by atoms with Crippen LogP contribution in [0.2, 0.25) is 0 Å². The summed E-state index contributed by atoms with van der Waals surface area (Å²) in [6.45, 7) is 5.40. The van der Waals surface area contributed by atoms with E-state index >= 15 is 0 Å². The van der Waals surface area contributed by atoms with Crippen LogP contribution in [-0.2, 0) is 19.5 Å². The topological polar surface area (TPSA) is 73.9 Å². The predicted molar refractivity (Wildman–Crippen MR) is 85.0 cm³/mol. The van der Waals surface area contributed by atoms with Crippen LogP contribution in [0, 0.1) is 13.8 Å². The molecule has 0 saturated carbocycles. The van der Waals surface area contributed by atoms with E-state index in [0.717, 1.165) is 0 Å². The molecule has 0 amide bonds. The molecule has 7 heteroatoms. The monoisotopic (exact) mass is 331 g/mol. The van der Waals surface area contributed by atoms with Gasteiger partial charge in [-0.2, -0.15) is 0 Å². The highest BCUT2D eigenvalue weighted by molar-refractivity contribution is 7.89. The summed E-state index contributed by atoms with van der Waals surface area (Å²) in [5.41, 5.74) is 1.33. The summed E-state index contributed by atoms with van der Waals surface area (Å²) in [7, 11) is -0.362.